The van der Waals surface area contributed by atoms with Crippen LogP contribution < -0.4 is 4.90 Å². The molecule has 4 heteroatoms. The average Bonchev–Trinajstić information content (AvgIpc) is 2.83. The topological polar surface area (TPSA) is 40.5 Å². The molecule has 1 aliphatic heterocycles. The summed E-state index contributed by atoms with van der Waals surface area (Å²) < 4.78 is 0. The molecule has 3 nitrogen and oxygen atoms in total. The number of hydrogen-bond acceptors (Lipinski definition) is 4. The van der Waals surface area contributed by atoms with Crippen molar-refractivity contribution in [3.8, 4) is 0 Å². The molecule has 0 saturated carbocycles. The Morgan fingerprint density at radius 1 is 1.73 bits per heavy atom. The summed E-state index contributed by atoms with van der Waals surface area (Å²) in [7, 11) is 0. The van der Waals surface area contributed by atoms with Crippen LogP contribution in [0.1, 0.15) is 23.0 Å². The fourth-order valence-electron chi connectivity index (χ4n) is 2.16. The molecule has 82 valence electrons. The highest BCUT2D eigenvalue weighted by Crippen LogP contribution is 2.31. The number of carbonyl (C=O) groups excluding carboxylic acids is 1. The average molecular weight is 225 g/mol. The Kier molecular flexibility index (Phi) is 3.07. The van der Waals surface area contributed by atoms with Gasteiger partial charge < -0.3 is 10.0 Å². The van der Waals surface area contributed by atoms with Gasteiger partial charge in [0, 0.05) is 17.6 Å². The third-order valence-electron chi connectivity index (χ3n) is 3.12. The number of anilines is 1. The second kappa shape index (κ2) is 4.33. The molecule has 1 aliphatic rings. The maximum absolute atomic E-state index is 10.6. The van der Waals surface area contributed by atoms with Crippen molar-refractivity contribution in [2.45, 2.75) is 19.4 Å². The van der Waals surface area contributed by atoms with Crippen LogP contribution in [0.4, 0.5) is 5.69 Å². The maximum Gasteiger partial charge on any atom is 0.160 e. The first-order valence-corrected chi connectivity index (χ1v) is 6.05. The van der Waals surface area contributed by atoms with Gasteiger partial charge in [0.15, 0.2) is 6.29 Å². The number of hydrogen-bond donors (Lipinski definition) is 1. The van der Waals surface area contributed by atoms with Crippen LogP contribution in [-0.2, 0) is 0 Å². The Balaban J connectivity index is 2.19. The molecule has 0 radical (unpaired) electrons. The second-order valence-electron chi connectivity index (χ2n) is 4.03. The van der Waals surface area contributed by atoms with Crippen LogP contribution in [-0.4, -0.2) is 30.6 Å². The van der Waals surface area contributed by atoms with Gasteiger partial charge in [0.05, 0.1) is 17.5 Å². The lowest BCUT2D eigenvalue weighted by Crippen LogP contribution is -2.34. The van der Waals surface area contributed by atoms with Crippen LogP contribution >= 0.6 is 11.3 Å². The van der Waals surface area contributed by atoms with E-state index in [-0.39, 0.29) is 12.6 Å². The Labute approximate surface area is 93.3 Å². The molecular weight excluding hydrogens is 210 g/mol. The molecule has 1 saturated heterocycles. The fraction of sp³-hybridized carbons (Fsp3) is 0.545. The molecule has 2 rings (SSSR count). The molecule has 2 heterocycles. The van der Waals surface area contributed by atoms with Gasteiger partial charge in [-0.1, -0.05) is 6.92 Å². The Morgan fingerprint density at radius 2 is 2.53 bits per heavy atom. The molecule has 1 aromatic rings. The van der Waals surface area contributed by atoms with Crippen molar-refractivity contribution in [3.05, 3.63) is 16.3 Å². The third kappa shape index (κ3) is 1.92. The molecule has 0 amide bonds. The lowest BCUT2D eigenvalue weighted by atomic mass is 10.0. The van der Waals surface area contributed by atoms with Crippen LogP contribution in [0.15, 0.2) is 11.4 Å². The summed E-state index contributed by atoms with van der Waals surface area (Å²) in [5.41, 5.74) is 1.07. The van der Waals surface area contributed by atoms with Gasteiger partial charge in [-0.15, -0.1) is 11.3 Å². The number of thiophene rings is 1. The van der Waals surface area contributed by atoms with E-state index >= 15 is 0 Å². The number of aliphatic hydroxyl groups excluding tert-OH is 1. The highest BCUT2D eigenvalue weighted by atomic mass is 32.1. The van der Waals surface area contributed by atoms with E-state index in [1.807, 2.05) is 11.4 Å². The highest BCUT2D eigenvalue weighted by Gasteiger charge is 2.30. The van der Waals surface area contributed by atoms with E-state index in [9.17, 15) is 9.90 Å². The molecule has 0 aromatic carbocycles. The predicted octanol–water partition coefficient (Wildman–Crippen LogP) is 1.77. The smallest absolute Gasteiger partial charge is 0.160 e. The first kappa shape index (κ1) is 10.6. The summed E-state index contributed by atoms with van der Waals surface area (Å²) in [4.78, 5) is 13.5. The monoisotopic (exact) mass is 225 g/mol. The van der Waals surface area contributed by atoms with Gasteiger partial charge in [-0.25, -0.2) is 0 Å². The quantitative estimate of drug-likeness (QED) is 0.797. The predicted molar refractivity (Wildman–Crippen MR) is 61.7 cm³/mol. The van der Waals surface area contributed by atoms with Crippen LogP contribution in [0.5, 0.6) is 0 Å². The lowest BCUT2D eigenvalue weighted by molar-refractivity contribution is 0.112. The minimum atomic E-state index is 0.188. The molecule has 1 fully saturated rings. The minimum absolute atomic E-state index is 0.188. The Morgan fingerprint density at radius 3 is 3.13 bits per heavy atom. The zero-order valence-electron chi connectivity index (χ0n) is 8.72. The van der Waals surface area contributed by atoms with E-state index in [2.05, 4.69) is 11.8 Å². The fourth-order valence-corrected chi connectivity index (χ4v) is 2.87. The standard InChI is InChI=1S/C11H15NO2S/c1-8-2-3-12(11(8)6-14)9-4-10(5-13)15-7-9/h4-5,7-8,11,14H,2-3,6H2,1H3. The third-order valence-corrected chi connectivity index (χ3v) is 3.97. The number of aldehydes is 1. The zero-order valence-corrected chi connectivity index (χ0v) is 9.54. The van der Waals surface area contributed by atoms with Gasteiger partial charge >= 0.3 is 0 Å². The number of carbonyl (C=O) groups is 1. The number of aliphatic hydroxyl groups is 1. The molecule has 0 bridgehead atoms. The van der Waals surface area contributed by atoms with Gasteiger partial charge in [-0.2, -0.15) is 0 Å². The highest BCUT2D eigenvalue weighted by molar-refractivity contribution is 7.12. The minimum Gasteiger partial charge on any atom is -0.394 e. The van der Waals surface area contributed by atoms with Crippen molar-refractivity contribution < 1.29 is 9.90 Å². The van der Waals surface area contributed by atoms with Gasteiger partial charge in [0.1, 0.15) is 0 Å². The van der Waals surface area contributed by atoms with E-state index in [4.69, 9.17) is 0 Å². The largest absolute Gasteiger partial charge is 0.394 e. The number of rotatable bonds is 3. The van der Waals surface area contributed by atoms with Crippen molar-refractivity contribution in [1.82, 2.24) is 0 Å². The summed E-state index contributed by atoms with van der Waals surface area (Å²) >= 11 is 1.46. The number of nitrogens with zero attached hydrogens (tertiary/aromatic N) is 1. The Hall–Kier alpha value is -0.870. The molecule has 1 N–H and O–H groups in total. The molecule has 0 aliphatic carbocycles. The van der Waals surface area contributed by atoms with Crippen LogP contribution in [0.25, 0.3) is 0 Å². The van der Waals surface area contributed by atoms with Gasteiger partial charge in [-0.05, 0) is 18.4 Å². The van der Waals surface area contributed by atoms with Crippen molar-refractivity contribution in [1.29, 1.82) is 0 Å². The van der Waals surface area contributed by atoms with Crippen molar-refractivity contribution >= 4 is 23.3 Å². The summed E-state index contributed by atoms with van der Waals surface area (Å²) in [6.07, 6.45) is 1.99. The van der Waals surface area contributed by atoms with Crippen LogP contribution in [0.3, 0.4) is 0 Å². The van der Waals surface area contributed by atoms with E-state index in [1.54, 1.807) is 0 Å². The first-order valence-electron chi connectivity index (χ1n) is 5.17. The van der Waals surface area contributed by atoms with Crippen molar-refractivity contribution in [2.24, 2.45) is 5.92 Å². The van der Waals surface area contributed by atoms with E-state index < -0.39 is 0 Å². The van der Waals surface area contributed by atoms with E-state index in [0.29, 0.717) is 5.92 Å². The van der Waals surface area contributed by atoms with Crippen molar-refractivity contribution in [2.75, 3.05) is 18.1 Å². The van der Waals surface area contributed by atoms with Gasteiger partial charge in [0.25, 0.3) is 0 Å². The molecule has 0 spiro atoms. The van der Waals surface area contributed by atoms with Gasteiger partial charge in [-0.3, -0.25) is 4.79 Å². The molecule has 2 unspecified atom stereocenters. The summed E-state index contributed by atoms with van der Waals surface area (Å²) in [6.45, 7) is 3.32. The summed E-state index contributed by atoms with van der Waals surface area (Å²) in [5, 5.41) is 11.3. The van der Waals surface area contributed by atoms with Crippen LogP contribution in [0, 0.1) is 5.92 Å². The molecule has 1 aromatic heterocycles. The van der Waals surface area contributed by atoms with Crippen molar-refractivity contribution in [3.63, 3.8) is 0 Å². The molecule has 15 heavy (non-hydrogen) atoms. The Bertz CT molecular complexity index is 350. The van der Waals surface area contributed by atoms with Gasteiger partial charge in [0.2, 0.25) is 0 Å². The second-order valence-corrected chi connectivity index (χ2v) is 4.98. The summed E-state index contributed by atoms with van der Waals surface area (Å²) in [6, 6.07) is 2.11. The first-order chi connectivity index (χ1) is 7.26. The summed E-state index contributed by atoms with van der Waals surface area (Å²) in [5.74, 6) is 0.523. The normalized spacial score (nSPS) is 25.9. The van der Waals surface area contributed by atoms with Crippen LogP contribution in [0.2, 0.25) is 0 Å². The van der Waals surface area contributed by atoms with E-state index in [0.717, 1.165) is 29.8 Å². The zero-order chi connectivity index (χ0) is 10.8. The molecular formula is C11H15NO2S. The lowest BCUT2D eigenvalue weighted by Gasteiger charge is -2.25. The van der Waals surface area contributed by atoms with E-state index in [1.165, 1.54) is 11.3 Å². The molecule has 2 atom stereocenters. The maximum atomic E-state index is 10.6. The SMILES string of the molecule is CC1CCN(c2csc(C=O)c2)C1CO.